The summed E-state index contributed by atoms with van der Waals surface area (Å²) in [4.78, 5) is 0. The summed E-state index contributed by atoms with van der Waals surface area (Å²) in [7, 11) is 8.27. The predicted molar refractivity (Wildman–Crippen MR) is 35.5 cm³/mol. The molecule has 5 heteroatoms. The van der Waals surface area contributed by atoms with Crippen molar-refractivity contribution < 1.29 is 0 Å². The van der Waals surface area contributed by atoms with Gasteiger partial charge in [0.2, 0.25) is 0 Å². The summed E-state index contributed by atoms with van der Waals surface area (Å²) in [6.45, 7) is 0. The first-order valence-electron chi connectivity index (χ1n) is 0.365. The van der Waals surface area contributed by atoms with Gasteiger partial charge in [-0.1, -0.05) is 0 Å². The van der Waals surface area contributed by atoms with Gasteiger partial charge in [-0.2, -0.15) is 0 Å². The standard InChI is InChI=1S/H2S.2S.2Sb/h1H2;;;;/q;;;;+1/p-1. The molecule has 0 spiro atoms. The van der Waals surface area contributed by atoms with Crippen molar-refractivity contribution in [3.8, 4) is 0 Å². The molecule has 0 atom stereocenters. The topological polar surface area (TPSA) is 0 Å². The van der Waals surface area contributed by atoms with Crippen molar-refractivity contribution in [2.75, 3.05) is 0 Å². The molecule has 0 aromatic rings. The zero-order chi connectivity index (χ0) is 4.00. The van der Waals surface area contributed by atoms with Gasteiger partial charge in [0.05, 0.1) is 0 Å². The average Bonchev–Trinajstić information content (AvgIpc) is 1.50. The Balaban J connectivity index is -0.0000000133. The molecule has 0 aliphatic rings. The van der Waals surface area contributed by atoms with Crippen LogP contribution < -0.4 is 0 Å². The van der Waals surface area contributed by atoms with Crippen molar-refractivity contribution >= 4 is 74.0 Å². The van der Waals surface area contributed by atoms with Crippen LogP contribution in [0.15, 0.2) is 0 Å². The molecule has 0 amide bonds. The maximum absolute atomic E-state index is 4.13. The monoisotopic (exact) mass is 339 g/mol. The quantitative estimate of drug-likeness (QED) is 0.353. The summed E-state index contributed by atoms with van der Waals surface area (Å²) in [5.41, 5.74) is 0. The Bertz CT molecular complexity index is 6.85. The van der Waals surface area contributed by atoms with Crippen LogP contribution in [0.25, 0.3) is 0 Å². The second-order valence-corrected chi connectivity index (χ2v) is 0. The molecule has 0 saturated heterocycles. The third-order valence-corrected chi connectivity index (χ3v) is 0. The van der Waals surface area contributed by atoms with Crippen molar-refractivity contribution in [1.82, 2.24) is 0 Å². The van der Waals surface area contributed by atoms with Crippen LogP contribution in [0.4, 0.5) is 0 Å². The Hall–Kier alpha value is 2.43. The van der Waals surface area contributed by atoms with Crippen LogP contribution in [0.5, 0.6) is 0 Å². The third-order valence-electron chi connectivity index (χ3n) is 0. The molecule has 0 saturated carbocycles. The molecular formula is HS3Sb2. The molecule has 0 aromatic carbocycles. The average molecular weight is 341 g/mol. The molecule has 3 radical (unpaired) electrons. The predicted octanol–water partition coefficient (Wildman–Crippen LogP) is 0.265. The maximum atomic E-state index is 4.13. The van der Waals surface area contributed by atoms with Gasteiger partial charge < -0.3 is 13.5 Å². The van der Waals surface area contributed by atoms with Crippen LogP contribution in [0.2, 0.25) is 0 Å². The van der Waals surface area contributed by atoms with E-state index in [0.29, 0.717) is 0 Å². The van der Waals surface area contributed by atoms with E-state index in [1.807, 2.05) is 0 Å². The molecule has 29 valence electrons. The molecule has 0 aromatic heterocycles. The van der Waals surface area contributed by atoms with Crippen molar-refractivity contribution in [3.05, 3.63) is 0 Å². The van der Waals surface area contributed by atoms with Crippen LogP contribution in [0.3, 0.4) is 0 Å². The second kappa shape index (κ2) is 32.1. The number of hydrogen-bond acceptors (Lipinski definition) is 3. The van der Waals surface area contributed by atoms with Crippen molar-refractivity contribution in [2.45, 2.75) is 0 Å². The van der Waals surface area contributed by atoms with Gasteiger partial charge in [0.1, 0.15) is 0 Å². The fraction of sp³-hybridized carbons (Fsp3) is 0. The van der Waals surface area contributed by atoms with Crippen molar-refractivity contribution in [2.24, 2.45) is 0 Å². The molecule has 0 fully saturated rings. The summed E-state index contributed by atoms with van der Waals surface area (Å²) < 4.78 is 0. The second-order valence-electron chi connectivity index (χ2n) is 0. The van der Waals surface area contributed by atoms with Gasteiger partial charge in [-0.25, -0.2) is 0 Å². The number of hydrogen-bond donors (Lipinski definition) is 0. The Morgan fingerprint density at radius 3 is 1.20 bits per heavy atom. The zero-order valence-corrected chi connectivity index (χ0v) is 9.79. The van der Waals surface area contributed by atoms with Crippen LogP contribution in [-0.4, -0.2) is 42.1 Å². The summed E-state index contributed by atoms with van der Waals surface area (Å²) in [5.74, 6) is 0. The van der Waals surface area contributed by atoms with Gasteiger partial charge in [-0.05, 0) is 0 Å². The Morgan fingerprint density at radius 2 is 1.20 bits per heavy atom. The minimum absolute atomic E-state index is 0. The molecule has 5 heavy (non-hydrogen) atoms. The fourth-order valence-corrected chi connectivity index (χ4v) is 0. The minimum atomic E-state index is 0. The summed E-state index contributed by atoms with van der Waals surface area (Å²) in [6.07, 6.45) is 0. The van der Waals surface area contributed by atoms with E-state index in [1.54, 1.807) is 0 Å². The van der Waals surface area contributed by atoms with Crippen LogP contribution in [-0.2, 0) is 13.5 Å². The van der Waals surface area contributed by atoms with Gasteiger partial charge >= 0.3 is 60.5 Å². The van der Waals surface area contributed by atoms with E-state index in [9.17, 15) is 0 Å². The molecular weight excluding hydrogens is 340 g/mol. The number of thiol groups is 1. The van der Waals surface area contributed by atoms with Gasteiger partial charge in [-0.15, -0.1) is 0 Å². The van der Waals surface area contributed by atoms with Crippen LogP contribution >= 0.6 is 18.4 Å². The Kier molecular flexibility index (Phi) is 101. The molecule has 0 nitrogen and oxygen atoms in total. The summed E-state index contributed by atoms with van der Waals surface area (Å²) in [6, 6.07) is 0. The molecule has 0 aliphatic heterocycles. The third kappa shape index (κ3) is 21.4. The van der Waals surface area contributed by atoms with Gasteiger partial charge in [0, 0.05) is 0 Å². The normalized spacial score (nSPS) is 1.60. The van der Waals surface area contributed by atoms with E-state index in [1.165, 1.54) is 42.1 Å². The van der Waals surface area contributed by atoms with Gasteiger partial charge in [0.15, 0.2) is 0 Å². The Labute approximate surface area is 72.7 Å². The molecule has 0 N–H and O–H groups in total. The van der Waals surface area contributed by atoms with E-state index >= 15 is 0 Å². The summed E-state index contributed by atoms with van der Waals surface area (Å²) >= 11 is 2.67. The van der Waals surface area contributed by atoms with Crippen molar-refractivity contribution in [3.63, 3.8) is 0 Å². The van der Waals surface area contributed by atoms with Crippen molar-refractivity contribution in [1.29, 1.82) is 0 Å². The van der Waals surface area contributed by atoms with E-state index < -0.39 is 0 Å². The van der Waals surface area contributed by atoms with Gasteiger partial charge in [-0.3, -0.25) is 0 Å². The first-order valence-corrected chi connectivity index (χ1v) is 7.35. The molecule has 0 heterocycles. The SMILES string of the molecule is [SH-].[S]=[Sb+].[S]=[Sb]. The van der Waals surface area contributed by atoms with E-state index in [2.05, 4.69) is 18.4 Å². The Morgan fingerprint density at radius 1 is 1.20 bits per heavy atom. The van der Waals surface area contributed by atoms with E-state index in [4.69, 9.17) is 0 Å². The van der Waals surface area contributed by atoms with Gasteiger partial charge in [0.25, 0.3) is 0 Å². The molecule has 0 unspecified atom stereocenters. The molecule has 0 bridgehead atoms. The van der Waals surface area contributed by atoms with E-state index in [0.717, 1.165) is 0 Å². The molecule has 0 rings (SSSR count). The van der Waals surface area contributed by atoms with Crippen LogP contribution in [0, 0.1) is 0 Å². The zero-order valence-electron chi connectivity index (χ0n) is 2.16. The fourth-order valence-electron chi connectivity index (χ4n) is 0. The van der Waals surface area contributed by atoms with E-state index in [-0.39, 0.29) is 13.5 Å². The summed E-state index contributed by atoms with van der Waals surface area (Å²) in [5, 5.41) is 0. The van der Waals surface area contributed by atoms with Crippen LogP contribution in [0.1, 0.15) is 0 Å². The molecule has 0 aliphatic carbocycles. The first kappa shape index (κ1) is 15.7. The number of rotatable bonds is 0. The first-order chi connectivity index (χ1) is 2.00.